The average Bonchev–Trinajstić information content (AvgIpc) is 2.99. The van der Waals surface area contributed by atoms with Crippen molar-refractivity contribution in [2.24, 2.45) is 0 Å². The van der Waals surface area contributed by atoms with E-state index in [9.17, 15) is 9.59 Å². The lowest BCUT2D eigenvalue weighted by Gasteiger charge is -2.09. The maximum atomic E-state index is 11.7. The lowest BCUT2D eigenvalue weighted by molar-refractivity contribution is -0.117. The van der Waals surface area contributed by atoms with Crippen molar-refractivity contribution in [3.8, 4) is 0 Å². The van der Waals surface area contributed by atoms with Crippen molar-refractivity contribution in [1.29, 1.82) is 0 Å². The van der Waals surface area contributed by atoms with E-state index in [4.69, 9.17) is 0 Å². The lowest BCUT2D eigenvalue weighted by Crippen LogP contribution is -2.22. The predicted molar refractivity (Wildman–Crippen MR) is 53.9 cm³/mol. The summed E-state index contributed by atoms with van der Waals surface area (Å²) in [5, 5.41) is 0. The quantitative estimate of drug-likeness (QED) is 0.710. The van der Waals surface area contributed by atoms with Gasteiger partial charge >= 0.3 is 0 Å². The third-order valence-electron chi connectivity index (χ3n) is 3.00. The fourth-order valence-corrected chi connectivity index (χ4v) is 1.88. The summed E-state index contributed by atoms with van der Waals surface area (Å²) in [4.78, 5) is 31.7. The number of rotatable bonds is 1. The second kappa shape index (κ2) is 2.68. The number of aromatic nitrogens is 2. The summed E-state index contributed by atoms with van der Waals surface area (Å²) in [5.74, 6) is 1.62. The first kappa shape index (κ1) is 8.64. The highest BCUT2D eigenvalue weighted by molar-refractivity contribution is 5.99. The van der Waals surface area contributed by atoms with Crippen LogP contribution in [0.4, 0.5) is 5.82 Å². The molecule has 5 heteroatoms. The van der Waals surface area contributed by atoms with Crippen LogP contribution in [-0.2, 0) is 11.2 Å². The number of likely N-dealkylation sites (N-methyl/N-ethyl adjacent to an activating group) is 1. The third-order valence-corrected chi connectivity index (χ3v) is 3.00. The SMILES string of the molecule is CN1C(=O)Cc2c1nc(C1CC1)[nH]c2=O. The summed E-state index contributed by atoms with van der Waals surface area (Å²) in [7, 11) is 1.66. The number of carbonyl (C=O) groups is 1. The number of fused-ring (bicyclic) bond motifs is 1. The van der Waals surface area contributed by atoms with Crippen molar-refractivity contribution in [2.45, 2.75) is 25.2 Å². The van der Waals surface area contributed by atoms with Gasteiger partial charge in [0.1, 0.15) is 11.6 Å². The molecule has 0 unspecified atom stereocenters. The Labute approximate surface area is 86.1 Å². The number of anilines is 1. The smallest absolute Gasteiger partial charge is 0.256 e. The number of nitrogens with one attached hydrogen (secondary N) is 1. The molecular weight excluding hydrogens is 194 g/mol. The molecule has 1 saturated carbocycles. The average molecular weight is 205 g/mol. The molecule has 78 valence electrons. The first-order chi connectivity index (χ1) is 7.16. The third kappa shape index (κ3) is 1.19. The molecule has 5 nitrogen and oxygen atoms in total. The van der Waals surface area contributed by atoms with Gasteiger partial charge in [-0.1, -0.05) is 0 Å². The summed E-state index contributed by atoms with van der Waals surface area (Å²) in [6, 6.07) is 0. The molecule has 3 rings (SSSR count). The Bertz CT molecular complexity index is 502. The molecule has 1 aliphatic carbocycles. The maximum absolute atomic E-state index is 11.7. The zero-order chi connectivity index (χ0) is 10.6. The summed E-state index contributed by atoms with van der Waals surface area (Å²) in [5.41, 5.74) is 0.353. The molecule has 0 atom stereocenters. The maximum Gasteiger partial charge on any atom is 0.256 e. The molecule has 1 aliphatic heterocycles. The van der Waals surface area contributed by atoms with Gasteiger partial charge in [-0.15, -0.1) is 0 Å². The number of hydrogen-bond acceptors (Lipinski definition) is 3. The van der Waals surface area contributed by atoms with Gasteiger partial charge in [-0.3, -0.25) is 14.5 Å². The van der Waals surface area contributed by atoms with Gasteiger partial charge in [0.2, 0.25) is 5.91 Å². The second-order valence-corrected chi connectivity index (χ2v) is 4.16. The summed E-state index contributed by atoms with van der Waals surface area (Å²) < 4.78 is 0. The Morgan fingerprint density at radius 1 is 1.40 bits per heavy atom. The lowest BCUT2D eigenvalue weighted by atomic mass is 10.2. The van der Waals surface area contributed by atoms with Crippen LogP contribution in [0.25, 0.3) is 0 Å². The van der Waals surface area contributed by atoms with Gasteiger partial charge < -0.3 is 4.98 Å². The molecule has 1 fully saturated rings. The van der Waals surface area contributed by atoms with Gasteiger partial charge in [-0.25, -0.2) is 4.98 Å². The zero-order valence-corrected chi connectivity index (χ0v) is 8.41. The second-order valence-electron chi connectivity index (χ2n) is 4.16. The number of amides is 1. The van der Waals surface area contributed by atoms with Gasteiger partial charge in [-0.05, 0) is 12.8 Å². The minimum Gasteiger partial charge on any atom is -0.310 e. The van der Waals surface area contributed by atoms with Gasteiger partial charge in [0.05, 0.1) is 12.0 Å². The van der Waals surface area contributed by atoms with E-state index in [1.807, 2.05) is 0 Å². The minimum atomic E-state index is -0.153. The molecule has 15 heavy (non-hydrogen) atoms. The van der Waals surface area contributed by atoms with Crippen LogP contribution >= 0.6 is 0 Å². The standard InChI is InChI=1S/C10H11N3O2/c1-13-7(14)4-6-9(13)11-8(5-2-3-5)12-10(6)15/h5H,2-4H2,1H3,(H,11,12,15). The molecule has 0 saturated heterocycles. The normalized spacial score (nSPS) is 19.5. The van der Waals surface area contributed by atoms with Gasteiger partial charge in [0.15, 0.2) is 0 Å². The Balaban J connectivity index is 2.18. The van der Waals surface area contributed by atoms with Crippen LogP contribution < -0.4 is 10.5 Å². The largest absolute Gasteiger partial charge is 0.310 e. The first-order valence-electron chi connectivity index (χ1n) is 5.06. The van der Waals surface area contributed by atoms with E-state index in [0.29, 0.717) is 17.3 Å². The molecule has 1 aromatic rings. The summed E-state index contributed by atoms with van der Waals surface area (Å²) in [6.07, 6.45) is 2.35. The van der Waals surface area contributed by atoms with Gasteiger partial charge in [-0.2, -0.15) is 0 Å². The summed E-state index contributed by atoms with van der Waals surface area (Å²) in [6.45, 7) is 0. The van der Waals surface area contributed by atoms with Crippen molar-refractivity contribution in [2.75, 3.05) is 11.9 Å². The van der Waals surface area contributed by atoms with Crippen molar-refractivity contribution in [1.82, 2.24) is 9.97 Å². The highest BCUT2D eigenvalue weighted by Gasteiger charge is 2.32. The van der Waals surface area contributed by atoms with Crippen LogP contribution in [0.3, 0.4) is 0 Å². The Morgan fingerprint density at radius 2 is 2.13 bits per heavy atom. The molecule has 1 amide bonds. The van der Waals surface area contributed by atoms with Gasteiger partial charge in [0, 0.05) is 13.0 Å². The van der Waals surface area contributed by atoms with E-state index in [1.165, 1.54) is 4.90 Å². The predicted octanol–water partition coefficient (Wildman–Crippen LogP) is 0.166. The van der Waals surface area contributed by atoms with E-state index in [-0.39, 0.29) is 17.9 Å². The number of nitrogens with zero attached hydrogens (tertiary/aromatic N) is 2. The minimum absolute atomic E-state index is 0.0593. The Hall–Kier alpha value is -1.65. The van der Waals surface area contributed by atoms with Crippen LogP contribution in [0.15, 0.2) is 4.79 Å². The fraction of sp³-hybridized carbons (Fsp3) is 0.500. The molecule has 0 spiro atoms. The first-order valence-corrected chi connectivity index (χ1v) is 5.06. The zero-order valence-electron chi connectivity index (χ0n) is 8.41. The van der Waals surface area contributed by atoms with Crippen LogP contribution in [-0.4, -0.2) is 22.9 Å². The van der Waals surface area contributed by atoms with Crippen molar-refractivity contribution in [3.05, 3.63) is 21.7 Å². The van der Waals surface area contributed by atoms with E-state index in [0.717, 1.165) is 18.7 Å². The Kier molecular flexibility index (Phi) is 1.55. The monoisotopic (exact) mass is 205 g/mol. The van der Waals surface area contributed by atoms with Crippen LogP contribution in [0.1, 0.15) is 30.1 Å². The number of carbonyl (C=O) groups excluding carboxylic acids is 1. The molecule has 2 heterocycles. The van der Waals surface area contributed by atoms with Crippen molar-refractivity contribution >= 4 is 11.7 Å². The number of hydrogen-bond donors (Lipinski definition) is 1. The molecule has 1 N–H and O–H groups in total. The molecule has 0 bridgehead atoms. The van der Waals surface area contributed by atoms with E-state index >= 15 is 0 Å². The topological polar surface area (TPSA) is 66.1 Å². The number of H-pyrrole nitrogens is 1. The molecule has 1 aromatic heterocycles. The van der Waals surface area contributed by atoms with E-state index < -0.39 is 0 Å². The molecule has 0 aromatic carbocycles. The molecule has 2 aliphatic rings. The van der Waals surface area contributed by atoms with Gasteiger partial charge in [0.25, 0.3) is 5.56 Å². The van der Waals surface area contributed by atoms with Crippen molar-refractivity contribution < 1.29 is 4.79 Å². The molecule has 0 radical (unpaired) electrons. The number of aromatic amines is 1. The highest BCUT2D eigenvalue weighted by Crippen LogP contribution is 2.38. The summed E-state index contributed by atoms with van der Waals surface area (Å²) >= 11 is 0. The van der Waals surface area contributed by atoms with E-state index in [2.05, 4.69) is 9.97 Å². The fourth-order valence-electron chi connectivity index (χ4n) is 1.88. The van der Waals surface area contributed by atoms with Crippen molar-refractivity contribution in [3.63, 3.8) is 0 Å². The van der Waals surface area contributed by atoms with Crippen LogP contribution in [0.2, 0.25) is 0 Å². The molecular formula is C10H11N3O2. The van der Waals surface area contributed by atoms with Crippen LogP contribution in [0, 0.1) is 0 Å². The van der Waals surface area contributed by atoms with E-state index in [1.54, 1.807) is 7.05 Å². The van der Waals surface area contributed by atoms with Crippen LogP contribution in [0.5, 0.6) is 0 Å². The Morgan fingerprint density at radius 3 is 2.80 bits per heavy atom. The highest BCUT2D eigenvalue weighted by atomic mass is 16.2.